The van der Waals surface area contributed by atoms with E-state index < -0.39 is 6.03 Å². The van der Waals surface area contributed by atoms with E-state index in [-0.39, 0.29) is 11.5 Å². The van der Waals surface area contributed by atoms with Crippen molar-refractivity contribution in [2.45, 2.75) is 70.5 Å². The number of carbonyl (C=O) groups is 1. The summed E-state index contributed by atoms with van der Waals surface area (Å²) in [5, 5.41) is 16.4. The van der Waals surface area contributed by atoms with E-state index >= 15 is 0 Å². The van der Waals surface area contributed by atoms with E-state index in [1.807, 2.05) is 6.07 Å². The molecule has 23 heavy (non-hydrogen) atoms. The van der Waals surface area contributed by atoms with Gasteiger partial charge in [-0.1, -0.05) is 32.9 Å². The van der Waals surface area contributed by atoms with Crippen LogP contribution in [0.1, 0.15) is 57.6 Å². The fourth-order valence-electron chi connectivity index (χ4n) is 3.09. The molecule has 0 aromatic heterocycles. The molecule has 1 fully saturated rings. The van der Waals surface area contributed by atoms with Crippen molar-refractivity contribution in [1.29, 1.82) is 0 Å². The highest BCUT2D eigenvalue weighted by Gasteiger charge is 2.22. The maximum Gasteiger partial charge on any atom is 0.312 e. The molecule has 1 aliphatic rings. The zero-order chi connectivity index (χ0) is 17.0. The average Bonchev–Trinajstić information content (AvgIpc) is 2.46. The van der Waals surface area contributed by atoms with Crippen LogP contribution in [-0.2, 0) is 12.0 Å². The molecule has 0 bridgehead atoms. The van der Waals surface area contributed by atoms with E-state index in [1.54, 1.807) is 6.07 Å². The van der Waals surface area contributed by atoms with Gasteiger partial charge < -0.3 is 21.5 Å². The SMILES string of the molecule is CC(C)(C)c1ccc(O)c(CNC2CCC(NC(N)=O)CC2)c1. The van der Waals surface area contributed by atoms with Gasteiger partial charge in [-0.25, -0.2) is 4.79 Å². The van der Waals surface area contributed by atoms with Crippen molar-refractivity contribution < 1.29 is 9.90 Å². The quantitative estimate of drug-likeness (QED) is 0.688. The number of hydrogen-bond acceptors (Lipinski definition) is 3. The summed E-state index contributed by atoms with van der Waals surface area (Å²) >= 11 is 0. The van der Waals surface area contributed by atoms with Gasteiger partial charge in [0.1, 0.15) is 5.75 Å². The van der Waals surface area contributed by atoms with E-state index in [2.05, 4.69) is 37.5 Å². The number of urea groups is 1. The van der Waals surface area contributed by atoms with Crippen LogP contribution < -0.4 is 16.4 Å². The number of nitrogens with two attached hydrogens (primary N) is 1. The van der Waals surface area contributed by atoms with Crippen LogP contribution >= 0.6 is 0 Å². The molecule has 5 nitrogen and oxygen atoms in total. The summed E-state index contributed by atoms with van der Waals surface area (Å²) < 4.78 is 0. The molecule has 1 aromatic rings. The molecule has 1 aliphatic carbocycles. The number of carbonyl (C=O) groups excluding carboxylic acids is 1. The lowest BCUT2D eigenvalue weighted by Crippen LogP contribution is -2.43. The molecule has 2 rings (SSSR count). The maximum absolute atomic E-state index is 10.9. The largest absolute Gasteiger partial charge is 0.508 e. The molecule has 0 unspecified atom stereocenters. The first-order chi connectivity index (χ1) is 10.8. The first-order valence-electron chi connectivity index (χ1n) is 8.37. The van der Waals surface area contributed by atoms with E-state index in [0.717, 1.165) is 31.2 Å². The van der Waals surface area contributed by atoms with E-state index in [0.29, 0.717) is 18.3 Å². The fourth-order valence-corrected chi connectivity index (χ4v) is 3.09. The van der Waals surface area contributed by atoms with Crippen LogP contribution in [0.3, 0.4) is 0 Å². The molecule has 128 valence electrons. The molecule has 5 heteroatoms. The predicted molar refractivity (Wildman–Crippen MR) is 92.4 cm³/mol. The highest BCUT2D eigenvalue weighted by atomic mass is 16.3. The molecule has 1 saturated carbocycles. The molecule has 5 N–H and O–H groups in total. The number of phenolic OH excluding ortho intramolecular Hbond substituents is 1. The Kier molecular flexibility index (Phi) is 5.52. The molecule has 0 saturated heterocycles. The van der Waals surface area contributed by atoms with Gasteiger partial charge in [0.2, 0.25) is 0 Å². The lowest BCUT2D eigenvalue weighted by atomic mass is 9.86. The minimum Gasteiger partial charge on any atom is -0.508 e. The number of phenols is 1. The van der Waals surface area contributed by atoms with Crippen molar-refractivity contribution in [2.75, 3.05) is 0 Å². The predicted octanol–water partition coefficient (Wildman–Crippen LogP) is 2.76. The van der Waals surface area contributed by atoms with Crippen molar-refractivity contribution in [3.8, 4) is 5.75 Å². The lowest BCUT2D eigenvalue weighted by molar-refractivity contribution is 0.237. The van der Waals surface area contributed by atoms with Crippen molar-refractivity contribution in [2.24, 2.45) is 5.73 Å². The topological polar surface area (TPSA) is 87.4 Å². The first-order valence-corrected chi connectivity index (χ1v) is 8.37. The van der Waals surface area contributed by atoms with Gasteiger partial charge in [0, 0.05) is 24.2 Å². The number of benzene rings is 1. The molecule has 0 radical (unpaired) electrons. The summed E-state index contributed by atoms with van der Waals surface area (Å²) in [5.74, 6) is 0.342. The third kappa shape index (κ3) is 5.13. The zero-order valence-corrected chi connectivity index (χ0v) is 14.4. The Labute approximate surface area is 138 Å². The number of nitrogens with one attached hydrogen (secondary N) is 2. The minimum absolute atomic E-state index is 0.0704. The standard InChI is InChI=1S/C18H29N3O2/c1-18(2,3)13-4-9-16(22)12(10-13)11-20-14-5-7-15(8-6-14)21-17(19)23/h4,9-10,14-15,20,22H,5-8,11H2,1-3H3,(H3,19,21,23). The Bertz CT molecular complexity index is 544. The van der Waals surface area contributed by atoms with Gasteiger partial charge in [0.25, 0.3) is 0 Å². The second-order valence-corrected chi connectivity index (χ2v) is 7.53. The monoisotopic (exact) mass is 319 g/mol. The molecule has 0 spiro atoms. The van der Waals surface area contributed by atoms with Gasteiger partial charge in [-0.05, 0) is 42.7 Å². The number of amides is 2. The maximum atomic E-state index is 10.9. The Morgan fingerprint density at radius 2 is 1.83 bits per heavy atom. The average molecular weight is 319 g/mol. The second-order valence-electron chi connectivity index (χ2n) is 7.53. The summed E-state index contributed by atoms with van der Waals surface area (Å²) in [5.41, 5.74) is 7.40. The number of aromatic hydroxyl groups is 1. The Balaban J connectivity index is 1.88. The second kappa shape index (κ2) is 7.21. The Morgan fingerprint density at radius 1 is 1.22 bits per heavy atom. The third-order valence-corrected chi connectivity index (χ3v) is 4.60. The molecule has 2 amide bonds. The van der Waals surface area contributed by atoms with Crippen LogP contribution in [0.25, 0.3) is 0 Å². The molecule has 0 heterocycles. The summed E-state index contributed by atoms with van der Waals surface area (Å²) in [6.07, 6.45) is 3.89. The fraction of sp³-hybridized carbons (Fsp3) is 0.611. The minimum atomic E-state index is -0.440. The number of primary amides is 1. The van der Waals surface area contributed by atoms with Gasteiger partial charge in [-0.15, -0.1) is 0 Å². The normalized spacial score (nSPS) is 21.9. The van der Waals surface area contributed by atoms with Crippen molar-refractivity contribution in [1.82, 2.24) is 10.6 Å². The van der Waals surface area contributed by atoms with Crippen molar-refractivity contribution >= 4 is 6.03 Å². The van der Waals surface area contributed by atoms with Crippen LogP contribution in [0.4, 0.5) is 4.79 Å². The van der Waals surface area contributed by atoms with Gasteiger partial charge in [0.15, 0.2) is 0 Å². The Hall–Kier alpha value is -1.75. The van der Waals surface area contributed by atoms with Crippen LogP contribution in [-0.4, -0.2) is 23.2 Å². The van der Waals surface area contributed by atoms with Gasteiger partial charge in [-0.3, -0.25) is 0 Å². The highest BCUT2D eigenvalue weighted by molar-refractivity contribution is 5.71. The van der Waals surface area contributed by atoms with Gasteiger partial charge in [-0.2, -0.15) is 0 Å². The number of hydrogen-bond donors (Lipinski definition) is 4. The molecule has 0 aliphatic heterocycles. The van der Waals surface area contributed by atoms with Crippen LogP contribution in [0.15, 0.2) is 18.2 Å². The Morgan fingerprint density at radius 3 is 2.39 bits per heavy atom. The van der Waals surface area contributed by atoms with Gasteiger partial charge in [0.05, 0.1) is 0 Å². The van der Waals surface area contributed by atoms with E-state index in [1.165, 1.54) is 5.56 Å². The lowest BCUT2D eigenvalue weighted by Gasteiger charge is -2.29. The summed E-state index contributed by atoms with van der Waals surface area (Å²) in [4.78, 5) is 10.9. The van der Waals surface area contributed by atoms with Crippen molar-refractivity contribution in [3.63, 3.8) is 0 Å². The van der Waals surface area contributed by atoms with Gasteiger partial charge >= 0.3 is 6.03 Å². The van der Waals surface area contributed by atoms with Crippen molar-refractivity contribution in [3.05, 3.63) is 29.3 Å². The third-order valence-electron chi connectivity index (χ3n) is 4.60. The summed E-state index contributed by atoms with van der Waals surface area (Å²) in [6.45, 7) is 7.17. The van der Waals surface area contributed by atoms with Crippen LogP contribution in [0, 0.1) is 0 Å². The molecular formula is C18H29N3O2. The molecule has 1 aromatic carbocycles. The van der Waals surface area contributed by atoms with Crippen LogP contribution in [0.5, 0.6) is 5.75 Å². The number of rotatable bonds is 4. The first kappa shape index (κ1) is 17.6. The highest BCUT2D eigenvalue weighted by Crippen LogP contribution is 2.28. The molecular weight excluding hydrogens is 290 g/mol. The smallest absolute Gasteiger partial charge is 0.312 e. The van der Waals surface area contributed by atoms with E-state index in [4.69, 9.17) is 5.73 Å². The van der Waals surface area contributed by atoms with E-state index in [9.17, 15) is 9.90 Å². The molecule has 0 atom stereocenters. The zero-order valence-electron chi connectivity index (χ0n) is 14.4. The van der Waals surface area contributed by atoms with Crippen LogP contribution in [0.2, 0.25) is 0 Å². The summed E-state index contributed by atoms with van der Waals surface area (Å²) in [7, 11) is 0. The summed E-state index contributed by atoms with van der Waals surface area (Å²) in [6, 6.07) is 6.03.